The lowest BCUT2D eigenvalue weighted by atomic mass is 9.94. The Labute approximate surface area is 129 Å². The van der Waals surface area contributed by atoms with E-state index >= 15 is 0 Å². The fourth-order valence-corrected chi connectivity index (χ4v) is 2.97. The Balaban J connectivity index is 1.69. The second-order valence-electron chi connectivity index (χ2n) is 5.63. The predicted molar refractivity (Wildman–Crippen MR) is 80.4 cm³/mol. The molecule has 0 radical (unpaired) electrons. The molecule has 0 aliphatic carbocycles. The highest BCUT2D eigenvalue weighted by molar-refractivity contribution is 5.32. The van der Waals surface area contributed by atoms with Crippen LogP contribution >= 0.6 is 0 Å². The number of aromatic nitrogens is 2. The van der Waals surface area contributed by atoms with Gasteiger partial charge in [-0.3, -0.25) is 4.90 Å². The molecular formula is C17H17FN4. The predicted octanol–water partition coefficient (Wildman–Crippen LogP) is 2.87. The summed E-state index contributed by atoms with van der Waals surface area (Å²) in [7, 11) is 0. The largest absolute Gasteiger partial charge is 0.298 e. The van der Waals surface area contributed by atoms with Crippen molar-refractivity contribution >= 4 is 0 Å². The number of hydrogen-bond acceptors (Lipinski definition) is 4. The molecule has 0 bridgehead atoms. The van der Waals surface area contributed by atoms with Gasteiger partial charge in [-0.1, -0.05) is 6.07 Å². The zero-order chi connectivity index (χ0) is 15.4. The van der Waals surface area contributed by atoms with Gasteiger partial charge in [0.25, 0.3) is 0 Å². The van der Waals surface area contributed by atoms with Gasteiger partial charge in [0, 0.05) is 36.5 Å². The number of hydrogen-bond donors (Lipinski definition) is 0. The molecule has 1 aliphatic rings. The van der Waals surface area contributed by atoms with Crippen LogP contribution in [-0.2, 0) is 6.54 Å². The molecule has 0 N–H and O–H groups in total. The van der Waals surface area contributed by atoms with E-state index in [0.29, 0.717) is 23.6 Å². The lowest BCUT2D eigenvalue weighted by Gasteiger charge is -2.32. The Hall–Kier alpha value is -2.32. The lowest BCUT2D eigenvalue weighted by molar-refractivity contribution is 0.196. The van der Waals surface area contributed by atoms with Gasteiger partial charge in [0.1, 0.15) is 12.1 Å². The summed E-state index contributed by atoms with van der Waals surface area (Å²) in [5, 5.41) is 8.80. The average Bonchev–Trinajstić information content (AvgIpc) is 2.58. The first-order valence-corrected chi connectivity index (χ1v) is 7.43. The monoisotopic (exact) mass is 296 g/mol. The molecule has 1 unspecified atom stereocenters. The van der Waals surface area contributed by atoms with Crippen molar-refractivity contribution < 1.29 is 4.39 Å². The molecule has 1 aromatic carbocycles. The Morgan fingerprint density at radius 2 is 2.27 bits per heavy atom. The van der Waals surface area contributed by atoms with Crippen LogP contribution in [0.4, 0.5) is 4.39 Å². The Morgan fingerprint density at radius 1 is 1.36 bits per heavy atom. The normalized spacial score (nSPS) is 18.8. The number of benzene rings is 1. The highest BCUT2D eigenvalue weighted by Crippen LogP contribution is 2.26. The second-order valence-corrected chi connectivity index (χ2v) is 5.63. The smallest absolute Gasteiger partial charge is 0.129 e. The van der Waals surface area contributed by atoms with Gasteiger partial charge in [-0.05, 0) is 37.6 Å². The fourth-order valence-electron chi connectivity index (χ4n) is 2.97. The third-order valence-corrected chi connectivity index (χ3v) is 4.10. The quantitative estimate of drug-likeness (QED) is 0.874. The molecule has 0 spiro atoms. The van der Waals surface area contributed by atoms with Crippen LogP contribution in [0, 0.1) is 17.1 Å². The maximum absolute atomic E-state index is 14.0. The molecular weight excluding hydrogens is 279 g/mol. The Morgan fingerprint density at radius 3 is 3.00 bits per heavy atom. The molecule has 4 nitrogen and oxygen atoms in total. The Kier molecular flexibility index (Phi) is 4.40. The zero-order valence-corrected chi connectivity index (χ0v) is 12.2. The summed E-state index contributed by atoms with van der Waals surface area (Å²) in [6.07, 6.45) is 5.52. The summed E-state index contributed by atoms with van der Waals surface area (Å²) in [5.41, 5.74) is 2.06. The first-order valence-electron chi connectivity index (χ1n) is 7.43. The molecule has 1 aromatic heterocycles. The highest BCUT2D eigenvalue weighted by Gasteiger charge is 2.22. The molecule has 0 saturated carbocycles. The van der Waals surface area contributed by atoms with Crippen molar-refractivity contribution in [2.45, 2.75) is 25.3 Å². The molecule has 2 aromatic rings. The lowest BCUT2D eigenvalue weighted by Crippen LogP contribution is -2.34. The van der Waals surface area contributed by atoms with Crippen molar-refractivity contribution in [1.29, 1.82) is 5.26 Å². The molecule has 1 fully saturated rings. The molecule has 1 saturated heterocycles. The highest BCUT2D eigenvalue weighted by atomic mass is 19.1. The molecule has 5 heteroatoms. The second kappa shape index (κ2) is 6.63. The van der Waals surface area contributed by atoms with Gasteiger partial charge < -0.3 is 0 Å². The van der Waals surface area contributed by atoms with Crippen molar-refractivity contribution in [2.75, 3.05) is 13.1 Å². The van der Waals surface area contributed by atoms with Gasteiger partial charge in [0.15, 0.2) is 0 Å². The number of halogens is 1. The van der Waals surface area contributed by atoms with Gasteiger partial charge in [-0.25, -0.2) is 14.4 Å². The number of piperidine rings is 1. The summed E-state index contributed by atoms with van der Waals surface area (Å²) in [4.78, 5) is 10.5. The van der Waals surface area contributed by atoms with E-state index in [-0.39, 0.29) is 5.82 Å². The number of nitriles is 1. The van der Waals surface area contributed by atoms with E-state index in [1.54, 1.807) is 24.7 Å². The van der Waals surface area contributed by atoms with Crippen molar-refractivity contribution in [3.05, 3.63) is 59.4 Å². The van der Waals surface area contributed by atoms with Gasteiger partial charge in [-0.2, -0.15) is 5.26 Å². The molecule has 3 rings (SSSR count). The van der Waals surface area contributed by atoms with E-state index in [0.717, 1.165) is 31.6 Å². The van der Waals surface area contributed by atoms with E-state index in [4.69, 9.17) is 5.26 Å². The first kappa shape index (κ1) is 14.6. The molecule has 112 valence electrons. The third-order valence-electron chi connectivity index (χ3n) is 4.10. The van der Waals surface area contributed by atoms with Crippen molar-refractivity contribution in [3.63, 3.8) is 0 Å². The van der Waals surface area contributed by atoms with Crippen LogP contribution in [0.25, 0.3) is 0 Å². The standard InChI is InChI=1S/C17H17FN4/c18-16-8-13(9-19)3-4-14(16)10-22-7-1-2-15(11-22)17-5-6-20-12-21-17/h3-6,8,12,15H,1-2,7,10-11H2. The van der Waals surface area contributed by atoms with Crippen LogP contribution in [0.2, 0.25) is 0 Å². The number of likely N-dealkylation sites (tertiary alicyclic amines) is 1. The maximum Gasteiger partial charge on any atom is 0.129 e. The van der Waals surface area contributed by atoms with Gasteiger partial charge in [-0.15, -0.1) is 0 Å². The summed E-state index contributed by atoms with van der Waals surface area (Å²) >= 11 is 0. The summed E-state index contributed by atoms with van der Waals surface area (Å²) in [6, 6.07) is 8.60. The maximum atomic E-state index is 14.0. The molecule has 1 aliphatic heterocycles. The van der Waals surface area contributed by atoms with Crippen molar-refractivity contribution in [1.82, 2.24) is 14.9 Å². The minimum atomic E-state index is -0.303. The first-order chi connectivity index (χ1) is 10.8. The third kappa shape index (κ3) is 3.29. The minimum Gasteiger partial charge on any atom is -0.298 e. The van der Waals surface area contributed by atoms with E-state index in [1.807, 2.05) is 12.1 Å². The van der Waals surface area contributed by atoms with E-state index in [1.165, 1.54) is 6.07 Å². The van der Waals surface area contributed by atoms with E-state index in [9.17, 15) is 4.39 Å². The zero-order valence-electron chi connectivity index (χ0n) is 12.2. The van der Waals surface area contributed by atoms with Crippen molar-refractivity contribution in [3.8, 4) is 6.07 Å². The number of rotatable bonds is 3. The van der Waals surface area contributed by atoms with E-state index < -0.39 is 0 Å². The average molecular weight is 296 g/mol. The fraction of sp³-hybridized carbons (Fsp3) is 0.353. The van der Waals surface area contributed by atoms with Crippen LogP contribution < -0.4 is 0 Å². The van der Waals surface area contributed by atoms with Crippen LogP contribution in [-0.4, -0.2) is 28.0 Å². The minimum absolute atomic E-state index is 0.303. The van der Waals surface area contributed by atoms with Crippen LogP contribution in [0.5, 0.6) is 0 Å². The number of nitrogens with zero attached hydrogens (tertiary/aromatic N) is 4. The van der Waals surface area contributed by atoms with Crippen LogP contribution in [0.1, 0.15) is 35.6 Å². The van der Waals surface area contributed by atoms with Gasteiger partial charge in [0.05, 0.1) is 11.6 Å². The van der Waals surface area contributed by atoms with Gasteiger partial charge in [0.2, 0.25) is 0 Å². The molecule has 22 heavy (non-hydrogen) atoms. The van der Waals surface area contributed by atoms with E-state index in [2.05, 4.69) is 14.9 Å². The SMILES string of the molecule is N#Cc1ccc(CN2CCCC(c3ccncn3)C2)c(F)c1. The molecule has 2 heterocycles. The van der Waals surface area contributed by atoms with Crippen LogP contribution in [0.3, 0.4) is 0 Å². The molecule has 1 atom stereocenters. The van der Waals surface area contributed by atoms with Crippen LogP contribution in [0.15, 0.2) is 36.8 Å². The summed E-state index contributed by atoms with van der Waals surface area (Å²) < 4.78 is 14.0. The van der Waals surface area contributed by atoms with Crippen molar-refractivity contribution in [2.24, 2.45) is 0 Å². The summed E-state index contributed by atoms with van der Waals surface area (Å²) in [6.45, 7) is 2.40. The van der Waals surface area contributed by atoms with Gasteiger partial charge >= 0.3 is 0 Å². The Bertz CT molecular complexity index is 681. The topological polar surface area (TPSA) is 52.8 Å². The molecule has 0 amide bonds. The summed E-state index contributed by atoms with van der Waals surface area (Å²) in [5.74, 6) is 0.0707.